The number of rotatable bonds is 4. The van der Waals surface area contributed by atoms with Crippen LogP contribution in [-0.2, 0) is 0 Å². The maximum Gasteiger partial charge on any atom is 0.192 e. The van der Waals surface area contributed by atoms with Crippen molar-refractivity contribution < 1.29 is 4.79 Å². The number of aromatic nitrogens is 2. The minimum Gasteiger partial charge on any atom is -0.361 e. The van der Waals surface area contributed by atoms with E-state index in [2.05, 4.69) is 22.2 Å². The highest BCUT2D eigenvalue weighted by atomic mass is 16.1. The number of nitrogens with zero attached hydrogens (tertiary/aromatic N) is 2. The van der Waals surface area contributed by atoms with Gasteiger partial charge in [-0.1, -0.05) is 36.9 Å². The van der Waals surface area contributed by atoms with Crippen LogP contribution in [0.4, 0.5) is 0 Å². The van der Waals surface area contributed by atoms with E-state index in [4.69, 9.17) is 0 Å². The van der Waals surface area contributed by atoms with Crippen molar-refractivity contribution in [2.75, 3.05) is 0 Å². The third kappa shape index (κ3) is 3.02. The van der Waals surface area contributed by atoms with Crippen LogP contribution < -0.4 is 10.6 Å². The van der Waals surface area contributed by atoms with Crippen LogP contribution in [0.2, 0.25) is 0 Å². The Morgan fingerprint density at radius 1 is 1.08 bits per heavy atom. The van der Waals surface area contributed by atoms with E-state index in [9.17, 15) is 4.79 Å². The molecular weight excluding hydrogens is 324 g/mol. The number of benzene rings is 2. The monoisotopic (exact) mass is 342 g/mol. The van der Waals surface area contributed by atoms with Gasteiger partial charge in [-0.2, -0.15) is 0 Å². The lowest BCUT2D eigenvalue weighted by Gasteiger charge is -2.28. The lowest BCUT2D eigenvalue weighted by atomic mass is 9.92. The Morgan fingerprint density at radius 2 is 1.85 bits per heavy atom. The zero-order valence-electron chi connectivity index (χ0n) is 14.1. The number of ketones is 1. The summed E-state index contributed by atoms with van der Waals surface area (Å²) in [5, 5.41) is 6.28. The van der Waals surface area contributed by atoms with Crippen molar-refractivity contribution in [1.29, 1.82) is 0 Å². The predicted molar refractivity (Wildman–Crippen MR) is 101 cm³/mol. The van der Waals surface area contributed by atoms with Gasteiger partial charge in [-0.05, 0) is 29.8 Å². The molecule has 2 heterocycles. The fourth-order valence-corrected chi connectivity index (χ4v) is 3.01. The first-order chi connectivity index (χ1) is 12.7. The summed E-state index contributed by atoms with van der Waals surface area (Å²) >= 11 is 0. The van der Waals surface area contributed by atoms with Crippen LogP contribution in [0.5, 0.6) is 0 Å². The van der Waals surface area contributed by atoms with Crippen LogP contribution >= 0.6 is 0 Å². The average Bonchev–Trinajstić information content (AvgIpc) is 3.23. The van der Waals surface area contributed by atoms with Crippen molar-refractivity contribution in [3.05, 3.63) is 109 Å². The SMILES string of the molecule is C=C1NC=C(C(=O)c2ccc(-n3ccnc3)cc2)C(c2ccccc2)N1. The molecule has 5 heteroatoms. The molecule has 0 saturated heterocycles. The van der Waals surface area contributed by atoms with Gasteiger partial charge in [0.05, 0.1) is 18.2 Å². The zero-order valence-corrected chi connectivity index (χ0v) is 14.1. The second-order valence-corrected chi connectivity index (χ2v) is 6.06. The first-order valence-corrected chi connectivity index (χ1v) is 8.32. The molecule has 26 heavy (non-hydrogen) atoms. The fourth-order valence-electron chi connectivity index (χ4n) is 3.01. The minimum atomic E-state index is -0.231. The van der Waals surface area contributed by atoms with Gasteiger partial charge in [0.15, 0.2) is 5.78 Å². The maximum absolute atomic E-state index is 13.1. The summed E-state index contributed by atoms with van der Waals surface area (Å²) in [5.74, 6) is 0.648. The molecule has 0 bridgehead atoms. The predicted octanol–water partition coefficient (Wildman–Crippen LogP) is 3.34. The number of carbonyl (C=O) groups excluding carboxylic acids is 1. The Hall–Kier alpha value is -3.60. The van der Waals surface area contributed by atoms with E-state index in [0.29, 0.717) is 17.0 Å². The highest BCUT2D eigenvalue weighted by Gasteiger charge is 2.26. The van der Waals surface area contributed by atoms with Gasteiger partial charge < -0.3 is 15.2 Å². The molecule has 0 aliphatic carbocycles. The van der Waals surface area contributed by atoms with Crippen LogP contribution in [0.3, 0.4) is 0 Å². The van der Waals surface area contributed by atoms with Gasteiger partial charge in [-0.3, -0.25) is 4.79 Å². The lowest BCUT2D eigenvalue weighted by molar-refractivity contribution is 0.102. The van der Waals surface area contributed by atoms with Crippen LogP contribution in [0.25, 0.3) is 5.69 Å². The van der Waals surface area contributed by atoms with Crippen molar-refractivity contribution in [1.82, 2.24) is 20.2 Å². The van der Waals surface area contributed by atoms with Gasteiger partial charge >= 0.3 is 0 Å². The smallest absolute Gasteiger partial charge is 0.192 e. The summed E-state index contributed by atoms with van der Waals surface area (Å²) in [4.78, 5) is 17.1. The first-order valence-electron chi connectivity index (χ1n) is 8.32. The number of hydrogen-bond donors (Lipinski definition) is 2. The van der Waals surface area contributed by atoms with E-state index < -0.39 is 0 Å². The zero-order chi connectivity index (χ0) is 17.9. The second-order valence-electron chi connectivity index (χ2n) is 6.06. The highest BCUT2D eigenvalue weighted by molar-refractivity contribution is 6.09. The normalized spacial score (nSPS) is 16.4. The van der Waals surface area contributed by atoms with Gasteiger partial charge in [0, 0.05) is 35.4 Å². The molecule has 1 aliphatic rings. The van der Waals surface area contributed by atoms with Crippen LogP contribution in [-0.4, -0.2) is 15.3 Å². The summed E-state index contributed by atoms with van der Waals surface area (Å²) in [6.45, 7) is 3.91. The summed E-state index contributed by atoms with van der Waals surface area (Å²) in [5.41, 5.74) is 3.27. The molecule has 0 saturated carbocycles. The first kappa shape index (κ1) is 15.9. The molecule has 2 aromatic carbocycles. The molecule has 1 atom stereocenters. The van der Waals surface area contributed by atoms with Gasteiger partial charge in [0.25, 0.3) is 0 Å². The molecule has 5 nitrogen and oxygen atoms in total. The second kappa shape index (κ2) is 6.72. The number of imidazole rings is 1. The quantitative estimate of drug-likeness (QED) is 0.714. The summed E-state index contributed by atoms with van der Waals surface area (Å²) in [7, 11) is 0. The number of hydrogen-bond acceptors (Lipinski definition) is 4. The topological polar surface area (TPSA) is 59.0 Å². The Morgan fingerprint density at radius 3 is 2.54 bits per heavy atom. The molecule has 128 valence electrons. The summed E-state index contributed by atoms with van der Waals surface area (Å²) in [6, 6.07) is 17.1. The minimum absolute atomic E-state index is 0.0245. The standard InChI is InChI=1S/C21H18N4O/c1-15-23-13-19(20(24-15)16-5-3-2-4-6-16)21(26)17-7-9-18(10-8-17)25-12-11-22-14-25/h2-14,20,23-24H,1H2. The molecular formula is C21H18N4O. The summed E-state index contributed by atoms with van der Waals surface area (Å²) in [6.07, 6.45) is 7.06. The number of carbonyl (C=O) groups is 1. The lowest BCUT2D eigenvalue weighted by Crippen LogP contribution is -2.35. The summed E-state index contributed by atoms with van der Waals surface area (Å²) < 4.78 is 1.90. The fraction of sp³-hybridized carbons (Fsp3) is 0.0476. The van der Waals surface area contributed by atoms with Gasteiger partial charge in [0.1, 0.15) is 0 Å². The Bertz CT molecular complexity index is 957. The van der Waals surface area contributed by atoms with Crippen molar-refractivity contribution in [2.45, 2.75) is 6.04 Å². The van der Waals surface area contributed by atoms with E-state index in [1.807, 2.05) is 65.4 Å². The average molecular weight is 342 g/mol. The molecule has 2 N–H and O–H groups in total. The van der Waals surface area contributed by atoms with Crippen molar-refractivity contribution >= 4 is 5.78 Å². The molecule has 0 radical (unpaired) electrons. The molecule has 4 rings (SSSR count). The van der Waals surface area contributed by atoms with Crippen LogP contribution in [0.15, 0.2) is 97.5 Å². The van der Waals surface area contributed by atoms with E-state index in [1.165, 1.54) is 0 Å². The van der Waals surface area contributed by atoms with Crippen molar-refractivity contribution in [3.63, 3.8) is 0 Å². The molecule has 1 aliphatic heterocycles. The Labute approximate surface area is 151 Å². The maximum atomic E-state index is 13.1. The molecule has 0 spiro atoms. The van der Waals surface area contributed by atoms with E-state index in [-0.39, 0.29) is 11.8 Å². The third-order valence-corrected chi connectivity index (χ3v) is 4.36. The highest BCUT2D eigenvalue weighted by Crippen LogP contribution is 2.27. The largest absolute Gasteiger partial charge is 0.361 e. The molecule has 0 fully saturated rings. The number of nitrogens with one attached hydrogen (secondary N) is 2. The van der Waals surface area contributed by atoms with Gasteiger partial charge in [0.2, 0.25) is 0 Å². The van der Waals surface area contributed by atoms with Crippen LogP contribution in [0, 0.1) is 0 Å². The molecule has 3 aromatic rings. The van der Waals surface area contributed by atoms with Crippen molar-refractivity contribution in [2.24, 2.45) is 0 Å². The Balaban J connectivity index is 1.64. The van der Waals surface area contributed by atoms with E-state index in [1.54, 1.807) is 18.7 Å². The van der Waals surface area contributed by atoms with E-state index in [0.717, 1.165) is 11.3 Å². The molecule has 0 amide bonds. The third-order valence-electron chi connectivity index (χ3n) is 4.36. The Kier molecular flexibility index (Phi) is 4.11. The van der Waals surface area contributed by atoms with Gasteiger partial charge in [-0.25, -0.2) is 4.98 Å². The van der Waals surface area contributed by atoms with Crippen molar-refractivity contribution in [3.8, 4) is 5.69 Å². The van der Waals surface area contributed by atoms with E-state index >= 15 is 0 Å². The molecule has 1 unspecified atom stereocenters. The van der Waals surface area contributed by atoms with Crippen LogP contribution in [0.1, 0.15) is 22.0 Å². The van der Waals surface area contributed by atoms with Gasteiger partial charge in [-0.15, -0.1) is 0 Å². The number of Topliss-reactive ketones (excluding diaryl/α,β-unsaturated/α-hetero) is 1. The molecule has 1 aromatic heterocycles.